The molecule has 0 spiro atoms. The van der Waals surface area contributed by atoms with Crippen molar-refractivity contribution in [2.75, 3.05) is 13.2 Å². The van der Waals surface area contributed by atoms with Crippen molar-refractivity contribution in [3.8, 4) is 11.1 Å². The van der Waals surface area contributed by atoms with Crippen molar-refractivity contribution in [1.29, 1.82) is 0 Å². The molecule has 3 N–H and O–H groups in total. The summed E-state index contributed by atoms with van der Waals surface area (Å²) in [5.74, 6) is -0.0591. The van der Waals surface area contributed by atoms with Gasteiger partial charge < -0.3 is 20.3 Å². The molecule has 6 nitrogen and oxygen atoms in total. The smallest absolute Gasteiger partial charge is 0.407 e. The Hall–Kier alpha value is -3.45. The van der Waals surface area contributed by atoms with E-state index >= 15 is 0 Å². The quantitative estimate of drug-likeness (QED) is 0.348. The van der Waals surface area contributed by atoms with Gasteiger partial charge in [-0.1, -0.05) is 78.3 Å². The fourth-order valence-corrected chi connectivity index (χ4v) is 4.73. The van der Waals surface area contributed by atoms with Gasteiger partial charge in [0.1, 0.15) is 24.0 Å². The van der Waals surface area contributed by atoms with E-state index in [4.69, 9.17) is 16.3 Å². The number of carbonyl (C=O) groups excluding carboxylic acids is 1. The lowest BCUT2D eigenvalue weighted by Crippen LogP contribution is -2.36. The number of para-hydroxylation sites is 1. The molecule has 172 valence electrons. The first-order valence-corrected chi connectivity index (χ1v) is 11.4. The lowest BCUT2D eigenvalue weighted by Gasteiger charge is -2.20. The minimum atomic E-state index is -1.32. The summed E-state index contributed by atoms with van der Waals surface area (Å²) in [7, 11) is 0. The van der Waals surface area contributed by atoms with Crippen molar-refractivity contribution in [3.05, 3.63) is 101 Å². The maximum Gasteiger partial charge on any atom is 0.407 e. The number of nitrogens with one attached hydrogen (secondary N) is 1. The van der Waals surface area contributed by atoms with E-state index in [1.807, 2.05) is 60.7 Å². The molecule has 1 aliphatic rings. The van der Waals surface area contributed by atoms with Crippen LogP contribution in [0.3, 0.4) is 0 Å². The van der Waals surface area contributed by atoms with E-state index in [1.54, 1.807) is 6.07 Å². The Morgan fingerprint density at radius 2 is 1.59 bits per heavy atom. The number of alkyl carbamates (subject to hydrolysis) is 1. The van der Waals surface area contributed by atoms with Gasteiger partial charge in [-0.2, -0.15) is 0 Å². The van der Waals surface area contributed by atoms with Gasteiger partial charge in [0.25, 0.3) is 0 Å². The number of fused-ring (bicyclic) bond motifs is 4. The fourth-order valence-electron chi connectivity index (χ4n) is 4.47. The van der Waals surface area contributed by atoms with Gasteiger partial charge in [0.05, 0.1) is 5.52 Å². The number of hydrogen-bond donors (Lipinski definition) is 3. The zero-order valence-electron chi connectivity index (χ0n) is 18.2. The predicted octanol–water partition coefficient (Wildman–Crippen LogP) is 4.82. The molecule has 5 rings (SSSR count). The third-order valence-corrected chi connectivity index (χ3v) is 6.49. The molecule has 34 heavy (non-hydrogen) atoms. The Morgan fingerprint density at radius 1 is 0.971 bits per heavy atom. The Morgan fingerprint density at radius 3 is 2.29 bits per heavy atom. The fraction of sp³-hybridized carbons (Fsp3) is 0.185. The standard InChI is InChI=1S/C27H23ClN2O4/c28-26-21(13-16-7-1-6-12-23(16)30-26)25(32)24(31)14-29-27(33)34-15-22-19-10-4-2-8-17(19)18-9-3-5-11-20(18)22/h1-13,22,24-25,31-32H,14-15H2,(H,29,33). The number of nitrogens with zero attached hydrogens (tertiary/aromatic N) is 1. The first-order valence-electron chi connectivity index (χ1n) is 11.0. The zero-order valence-corrected chi connectivity index (χ0v) is 18.9. The SMILES string of the molecule is O=C(NCC(O)C(O)c1cc2ccccc2nc1Cl)OCC1c2ccccc2-c2ccccc21. The Kier molecular flexibility index (Phi) is 6.20. The number of rotatable bonds is 6. The Bertz CT molecular complexity index is 1310. The third kappa shape index (κ3) is 4.23. The van der Waals surface area contributed by atoms with E-state index in [9.17, 15) is 15.0 Å². The minimum Gasteiger partial charge on any atom is -0.449 e. The Balaban J connectivity index is 1.20. The number of carbonyl (C=O) groups is 1. The maximum atomic E-state index is 12.4. The van der Waals surface area contributed by atoms with E-state index in [-0.39, 0.29) is 24.2 Å². The lowest BCUT2D eigenvalue weighted by atomic mass is 9.98. The highest BCUT2D eigenvalue weighted by Gasteiger charge is 2.29. The number of pyridine rings is 1. The second kappa shape index (κ2) is 9.43. The molecule has 4 aromatic rings. The molecule has 1 aromatic heterocycles. The second-order valence-corrected chi connectivity index (χ2v) is 8.64. The number of amides is 1. The molecule has 1 amide bonds. The van der Waals surface area contributed by atoms with Crippen LogP contribution in [0.1, 0.15) is 28.7 Å². The van der Waals surface area contributed by atoms with E-state index in [1.165, 1.54) is 0 Å². The molecule has 0 aliphatic heterocycles. The maximum absolute atomic E-state index is 12.4. The third-order valence-electron chi connectivity index (χ3n) is 6.19. The summed E-state index contributed by atoms with van der Waals surface area (Å²) in [6, 6.07) is 25.2. The van der Waals surface area contributed by atoms with Crippen molar-refractivity contribution in [3.63, 3.8) is 0 Å². The van der Waals surface area contributed by atoms with E-state index in [0.29, 0.717) is 11.1 Å². The minimum absolute atomic E-state index is 0.0591. The average Bonchev–Trinajstić information content (AvgIpc) is 3.19. The number of ether oxygens (including phenoxy) is 1. The number of hydrogen-bond acceptors (Lipinski definition) is 5. The van der Waals surface area contributed by atoms with Crippen LogP contribution in [0.25, 0.3) is 22.0 Å². The highest BCUT2D eigenvalue weighted by atomic mass is 35.5. The number of benzene rings is 3. The van der Waals surface area contributed by atoms with Gasteiger partial charge in [0.2, 0.25) is 0 Å². The van der Waals surface area contributed by atoms with Gasteiger partial charge in [-0.25, -0.2) is 9.78 Å². The van der Waals surface area contributed by atoms with Crippen molar-refractivity contribution < 1.29 is 19.7 Å². The lowest BCUT2D eigenvalue weighted by molar-refractivity contribution is 0.0185. The predicted molar refractivity (Wildman–Crippen MR) is 131 cm³/mol. The molecule has 2 unspecified atom stereocenters. The molecule has 1 aliphatic carbocycles. The summed E-state index contributed by atoms with van der Waals surface area (Å²) in [6.45, 7) is -0.0417. The highest BCUT2D eigenvalue weighted by Crippen LogP contribution is 2.44. The molecule has 1 heterocycles. The molecular formula is C27H23ClN2O4. The van der Waals surface area contributed by atoms with E-state index < -0.39 is 18.3 Å². The van der Waals surface area contributed by atoms with Gasteiger partial charge in [-0.3, -0.25) is 0 Å². The van der Waals surface area contributed by atoms with Crippen LogP contribution in [-0.4, -0.2) is 40.5 Å². The van der Waals surface area contributed by atoms with Crippen LogP contribution in [0, 0.1) is 0 Å². The summed E-state index contributed by atoms with van der Waals surface area (Å²) in [4.78, 5) is 16.6. The molecule has 0 bridgehead atoms. The number of aliphatic hydroxyl groups is 2. The summed E-state index contributed by atoms with van der Waals surface area (Å²) >= 11 is 6.22. The topological polar surface area (TPSA) is 91.7 Å². The average molecular weight is 475 g/mol. The summed E-state index contributed by atoms with van der Waals surface area (Å²) in [6.07, 6.45) is -3.28. The number of aromatic nitrogens is 1. The monoisotopic (exact) mass is 474 g/mol. The summed E-state index contributed by atoms with van der Waals surface area (Å²) < 4.78 is 5.48. The van der Waals surface area contributed by atoms with Crippen LogP contribution in [0.4, 0.5) is 4.79 Å². The molecule has 7 heteroatoms. The van der Waals surface area contributed by atoms with Crippen molar-refractivity contribution in [1.82, 2.24) is 10.3 Å². The van der Waals surface area contributed by atoms with E-state index in [0.717, 1.165) is 27.6 Å². The zero-order chi connectivity index (χ0) is 23.7. The van der Waals surface area contributed by atoms with Crippen LogP contribution in [-0.2, 0) is 4.74 Å². The Labute approximate surface area is 201 Å². The molecule has 3 aromatic carbocycles. The van der Waals surface area contributed by atoms with Crippen molar-refractivity contribution in [2.45, 2.75) is 18.1 Å². The van der Waals surface area contributed by atoms with Gasteiger partial charge in [-0.05, 0) is 34.4 Å². The molecular weight excluding hydrogens is 452 g/mol. The van der Waals surface area contributed by atoms with Crippen LogP contribution in [0.5, 0.6) is 0 Å². The normalized spacial score (nSPS) is 14.3. The second-order valence-electron chi connectivity index (χ2n) is 8.28. The highest BCUT2D eigenvalue weighted by molar-refractivity contribution is 6.30. The molecule has 2 atom stereocenters. The van der Waals surface area contributed by atoms with Crippen molar-refractivity contribution >= 4 is 28.6 Å². The van der Waals surface area contributed by atoms with Gasteiger partial charge in [0.15, 0.2) is 0 Å². The van der Waals surface area contributed by atoms with Crippen LogP contribution < -0.4 is 5.32 Å². The van der Waals surface area contributed by atoms with E-state index in [2.05, 4.69) is 22.4 Å². The first kappa shape index (κ1) is 22.3. The molecule has 0 radical (unpaired) electrons. The summed E-state index contributed by atoms with van der Waals surface area (Å²) in [5, 5.41) is 24.5. The van der Waals surface area contributed by atoms with Gasteiger partial charge >= 0.3 is 6.09 Å². The number of halogens is 1. The number of aliphatic hydroxyl groups excluding tert-OH is 2. The molecule has 0 saturated heterocycles. The first-order chi connectivity index (χ1) is 16.5. The molecule has 0 saturated carbocycles. The largest absolute Gasteiger partial charge is 0.449 e. The van der Waals surface area contributed by atoms with Crippen LogP contribution >= 0.6 is 11.6 Å². The van der Waals surface area contributed by atoms with Crippen LogP contribution in [0.15, 0.2) is 78.9 Å². The summed E-state index contributed by atoms with van der Waals surface area (Å²) in [5.41, 5.74) is 5.51. The van der Waals surface area contributed by atoms with Crippen LogP contribution in [0.2, 0.25) is 5.15 Å². The molecule has 0 fully saturated rings. The van der Waals surface area contributed by atoms with Gasteiger partial charge in [-0.15, -0.1) is 0 Å². The van der Waals surface area contributed by atoms with Gasteiger partial charge in [0, 0.05) is 23.4 Å². The van der Waals surface area contributed by atoms with Crippen molar-refractivity contribution in [2.24, 2.45) is 0 Å².